The predicted molar refractivity (Wildman–Crippen MR) is 75.0 cm³/mol. The fourth-order valence-corrected chi connectivity index (χ4v) is 1.92. The molecule has 0 aliphatic carbocycles. The number of carbonyl (C=O) groups excluding carboxylic acids is 1. The number of esters is 1. The third-order valence-corrected chi connectivity index (χ3v) is 3.00. The molecular weight excluding hydrogens is 296 g/mol. The zero-order valence-corrected chi connectivity index (χ0v) is 12.6. The van der Waals surface area contributed by atoms with E-state index in [-0.39, 0.29) is 11.9 Å². The summed E-state index contributed by atoms with van der Waals surface area (Å²) in [6.07, 6.45) is 0.963. The van der Waals surface area contributed by atoms with E-state index in [0.717, 1.165) is 22.2 Å². The maximum atomic E-state index is 10.8. The Morgan fingerprint density at radius 3 is 2.78 bits per heavy atom. The number of hydrogen-bond donors (Lipinski definition) is 0. The summed E-state index contributed by atoms with van der Waals surface area (Å²) in [5, 5.41) is 0. The van der Waals surface area contributed by atoms with Crippen molar-refractivity contribution in [1.29, 1.82) is 0 Å². The average molecular weight is 315 g/mol. The van der Waals surface area contributed by atoms with Gasteiger partial charge in [0.2, 0.25) is 0 Å². The van der Waals surface area contributed by atoms with Crippen molar-refractivity contribution in [2.75, 3.05) is 13.2 Å². The van der Waals surface area contributed by atoms with Gasteiger partial charge in [-0.05, 0) is 18.6 Å². The molecule has 1 unspecified atom stereocenters. The van der Waals surface area contributed by atoms with E-state index in [1.165, 1.54) is 6.92 Å². The molecule has 18 heavy (non-hydrogen) atoms. The second kappa shape index (κ2) is 7.41. The topological polar surface area (TPSA) is 35.5 Å². The third-order valence-electron chi connectivity index (χ3n) is 2.50. The van der Waals surface area contributed by atoms with Crippen LogP contribution >= 0.6 is 15.9 Å². The molecule has 0 aliphatic heterocycles. The van der Waals surface area contributed by atoms with E-state index >= 15 is 0 Å². The van der Waals surface area contributed by atoms with Crippen LogP contribution in [-0.2, 0) is 9.53 Å². The Kier molecular flexibility index (Phi) is 6.19. The first kappa shape index (κ1) is 15.0. The molecule has 3 nitrogen and oxygen atoms in total. The second-order valence-corrected chi connectivity index (χ2v) is 5.15. The monoisotopic (exact) mass is 314 g/mol. The van der Waals surface area contributed by atoms with Crippen molar-refractivity contribution in [3.05, 3.63) is 28.2 Å². The van der Waals surface area contributed by atoms with E-state index in [1.807, 2.05) is 25.1 Å². The molecule has 0 saturated heterocycles. The van der Waals surface area contributed by atoms with E-state index in [9.17, 15) is 4.79 Å². The SMILES string of the molecule is CCCOc1cc(Br)ccc1C(C)COC(C)=O. The van der Waals surface area contributed by atoms with Crippen molar-refractivity contribution in [2.24, 2.45) is 0 Å². The van der Waals surface area contributed by atoms with Crippen LogP contribution in [0.5, 0.6) is 5.75 Å². The zero-order valence-electron chi connectivity index (χ0n) is 11.0. The molecule has 100 valence electrons. The highest BCUT2D eigenvalue weighted by atomic mass is 79.9. The number of ether oxygens (including phenoxy) is 2. The van der Waals surface area contributed by atoms with Gasteiger partial charge in [0.25, 0.3) is 0 Å². The minimum Gasteiger partial charge on any atom is -0.493 e. The lowest BCUT2D eigenvalue weighted by Crippen LogP contribution is -2.10. The number of rotatable bonds is 6. The normalized spacial score (nSPS) is 12.0. The standard InChI is InChI=1S/C14H19BrO3/c1-4-7-17-14-8-12(15)5-6-13(14)10(2)9-18-11(3)16/h5-6,8,10H,4,7,9H2,1-3H3. The minimum absolute atomic E-state index is 0.119. The fraction of sp³-hybridized carbons (Fsp3) is 0.500. The Morgan fingerprint density at radius 1 is 1.44 bits per heavy atom. The molecule has 0 heterocycles. The molecule has 0 radical (unpaired) electrons. The Labute approximate surface area is 117 Å². The van der Waals surface area contributed by atoms with E-state index in [4.69, 9.17) is 9.47 Å². The summed E-state index contributed by atoms with van der Waals surface area (Å²) >= 11 is 3.43. The van der Waals surface area contributed by atoms with Gasteiger partial charge in [0.15, 0.2) is 0 Å². The lowest BCUT2D eigenvalue weighted by Gasteiger charge is -2.17. The number of benzene rings is 1. The summed E-state index contributed by atoms with van der Waals surface area (Å²) < 4.78 is 11.7. The molecule has 1 aromatic rings. The van der Waals surface area contributed by atoms with Gasteiger partial charge < -0.3 is 9.47 Å². The van der Waals surface area contributed by atoms with Crippen LogP contribution in [0.25, 0.3) is 0 Å². The van der Waals surface area contributed by atoms with Crippen LogP contribution in [0.1, 0.15) is 38.7 Å². The highest BCUT2D eigenvalue weighted by molar-refractivity contribution is 9.10. The number of hydrogen-bond acceptors (Lipinski definition) is 3. The Hall–Kier alpha value is -1.03. The van der Waals surface area contributed by atoms with Crippen molar-refractivity contribution >= 4 is 21.9 Å². The maximum Gasteiger partial charge on any atom is 0.302 e. The van der Waals surface area contributed by atoms with Crippen molar-refractivity contribution in [3.63, 3.8) is 0 Å². The van der Waals surface area contributed by atoms with Gasteiger partial charge in [0, 0.05) is 22.9 Å². The molecule has 0 saturated carbocycles. The third kappa shape index (κ3) is 4.69. The second-order valence-electron chi connectivity index (χ2n) is 4.23. The molecule has 0 amide bonds. The summed E-state index contributed by atoms with van der Waals surface area (Å²) in [5.74, 6) is 0.717. The van der Waals surface area contributed by atoms with Gasteiger partial charge in [0.05, 0.1) is 13.2 Å². The molecule has 1 atom stereocenters. The van der Waals surface area contributed by atoms with Crippen LogP contribution < -0.4 is 4.74 Å². The van der Waals surface area contributed by atoms with E-state index in [1.54, 1.807) is 0 Å². The molecule has 0 aromatic heterocycles. The fourth-order valence-electron chi connectivity index (χ4n) is 1.58. The minimum atomic E-state index is -0.255. The summed E-state index contributed by atoms with van der Waals surface area (Å²) in [7, 11) is 0. The summed E-state index contributed by atoms with van der Waals surface area (Å²) in [6, 6.07) is 5.93. The highest BCUT2D eigenvalue weighted by Crippen LogP contribution is 2.30. The van der Waals surface area contributed by atoms with Gasteiger partial charge in [-0.15, -0.1) is 0 Å². The summed E-state index contributed by atoms with van der Waals surface area (Å²) in [5.41, 5.74) is 1.06. The van der Waals surface area contributed by atoms with E-state index in [0.29, 0.717) is 13.2 Å². The summed E-state index contributed by atoms with van der Waals surface area (Å²) in [4.78, 5) is 10.8. The Balaban J connectivity index is 2.81. The van der Waals surface area contributed by atoms with Crippen LogP contribution in [0, 0.1) is 0 Å². The van der Waals surface area contributed by atoms with E-state index in [2.05, 4.69) is 22.9 Å². The first-order valence-electron chi connectivity index (χ1n) is 6.10. The van der Waals surface area contributed by atoms with E-state index < -0.39 is 0 Å². The van der Waals surface area contributed by atoms with Gasteiger partial charge in [-0.3, -0.25) is 4.79 Å². The van der Waals surface area contributed by atoms with Crippen LogP contribution in [0.2, 0.25) is 0 Å². The molecule has 4 heteroatoms. The Morgan fingerprint density at radius 2 is 2.17 bits per heavy atom. The van der Waals surface area contributed by atoms with Gasteiger partial charge in [-0.2, -0.15) is 0 Å². The van der Waals surface area contributed by atoms with Gasteiger partial charge in [-0.1, -0.05) is 35.8 Å². The zero-order chi connectivity index (χ0) is 13.5. The largest absolute Gasteiger partial charge is 0.493 e. The molecule has 1 rings (SSSR count). The van der Waals surface area contributed by atoms with Crippen molar-refractivity contribution in [2.45, 2.75) is 33.1 Å². The Bertz CT molecular complexity index is 404. The quantitative estimate of drug-likeness (QED) is 0.747. The first-order chi connectivity index (χ1) is 8.54. The highest BCUT2D eigenvalue weighted by Gasteiger charge is 2.13. The van der Waals surface area contributed by atoms with Crippen LogP contribution in [0.15, 0.2) is 22.7 Å². The first-order valence-corrected chi connectivity index (χ1v) is 6.89. The lowest BCUT2D eigenvalue weighted by atomic mass is 10.0. The van der Waals surface area contributed by atoms with Crippen molar-refractivity contribution < 1.29 is 14.3 Å². The van der Waals surface area contributed by atoms with Crippen LogP contribution in [0.4, 0.5) is 0 Å². The number of carbonyl (C=O) groups is 1. The summed E-state index contributed by atoms with van der Waals surface area (Å²) in [6.45, 7) is 6.57. The molecule has 0 aliphatic rings. The maximum absolute atomic E-state index is 10.8. The molecule has 0 bridgehead atoms. The molecule has 0 spiro atoms. The van der Waals surface area contributed by atoms with Crippen molar-refractivity contribution in [1.82, 2.24) is 0 Å². The molecular formula is C14H19BrO3. The van der Waals surface area contributed by atoms with Crippen LogP contribution in [-0.4, -0.2) is 19.2 Å². The lowest BCUT2D eigenvalue weighted by molar-refractivity contribution is -0.141. The van der Waals surface area contributed by atoms with Gasteiger partial charge >= 0.3 is 5.97 Å². The number of halogens is 1. The smallest absolute Gasteiger partial charge is 0.302 e. The van der Waals surface area contributed by atoms with Gasteiger partial charge in [0.1, 0.15) is 5.75 Å². The molecule has 0 N–H and O–H groups in total. The predicted octanol–water partition coefficient (Wildman–Crippen LogP) is 3.90. The average Bonchev–Trinajstić information content (AvgIpc) is 2.33. The van der Waals surface area contributed by atoms with Gasteiger partial charge in [-0.25, -0.2) is 0 Å². The van der Waals surface area contributed by atoms with Crippen LogP contribution in [0.3, 0.4) is 0 Å². The van der Waals surface area contributed by atoms with Crippen molar-refractivity contribution in [3.8, 4) is 5.75 Å². The molecule has 0 fully saturated rings. The molecule has 1 aromatic carbocycles.